The summed E-state index contributed by atoms with van der Waals surface area (Å²) < 4.78 is 1.04. The molecule has 5 rings (SSSR count). The molecule has 180 valence electrons. The summed E-state index contributed by atoms with van der Waals surface area (Å²) in [6.45, 7) is 3.60. The number of amides is 1. The number of anilines is 3. The maximum atomic E-state index is 12.4. The van der Waals surface area contributed by atoms with E-state index in [2.05, 4.69) is 36.5 Å². The third-order valence-corrected chi connectivity index (χ3v) is 6.50. The smallest absolute Gasteiger partial charge is 0.255 e. The minimum atomic E-state index is -0.160. The van der Waals surface area contributed by atoms with E-state index in [0.717, 1.165) is 26.5 Å². The van der Waals surface area contributed by atoms with Crippen molar-refractivity contribution in [3.05, 3.63) is 108 Å². The SMILES string of the molecule is CC(=O)c1ccc(N)cc1.Cc1ccc(-c2nc3ccc(NC(=O)c4ccc(N)cc4)cc3s2)cc1. The first-order valence-corrected chi connectivity index (χ1v) is 12.1. The minimum Gasteiger partial charge on any atom is -0.399 e. The number of carbonyl (C=O) groups is 2. The van der Waals surface area contributed by atoms with Crippen LogP contribution < -0.4 is 16.8 Å². The molecule has 0 unspecified atom stereocenters. The number of nitrogen functional groups attached to an aromatic ring is 2. The van der Waals surface area contributed by atoms with Crippen molar-refractivity contribution in [2.24, 2.45) is 0 Å². The van der Waals surface area contributed by atoms with E-state index >= 15 is 0 Å². The first-order chi connectivity index (χ1) is 17.3. The Kier molecular flexibility index (Phi) is 7.42. The lowest BCUT2D eigenvalue weighted by Crippen LogP contribution is -2.11. The molecule has 0 aliphatic carbocycles. The lowest BCUT2D eigenvalue weighted by molar-refractivity contribution is 0.101. The second-order valence-electron chi connectivity index (χ2n) is 8.32. The highest BCUT2D eigenvalue weighted by Crippen LogP contribution is 2.32. The van der Waals surface area contributed by atoms with Gasteiger partial charge in [0.1, 0.15) is 5.01 Å². The first-order valence-electron chi connectivity index (χ1n) is 11.3. The predicted octanol–water partition coefficient (Wildman–Crippen LogP) is 6.58. The summed E-state index contributed by atoms with van der Waals surface area (Å²) in [6.07, 6.45) is 0. The predicted molar refractivity (Wildman–Crippen MR) is 149 cm³/mol. The number of hydrogen-bond acceptors (Lipinski definition) is 6. The van der Waals surface area contributed by atoms with E-state index < -0.39 is 0 Å². The van der Waals surface area contributed by atoms with Gasteiger partial charge in [-0.3, -0.25) is 9.59 Å². The van der Waals surface area contributed by atoms with E-state index in [4.69, 9.17) is 16.5 Å². The molecule has 0 spiro atoms. The number of nitrogens with zero attached hydrogens (tertiary/aromatic N) is 1. The van der Waals surface area contributed by atoms with E-state index in [0.29, 0.717) is 22.5 Å². The Balaban J connectivity index is 0.000000256. The molecule has 1 amide bonds. The first kappa shape index (κ1) is 24.6. The van der Waals surface area contributed by atoms with Gasteiger partial charge in [0.2, 0.25) is 0 Å². The van der Waals surface area contributed by atoms with Crippen molar-refractivity contribution < 1.29 is 9.59 Å². The molecule has 0 saturated carbocycles. The number of benzene rings is 4. The fourth-order valence-corrected chi connectivity index (χ4v) is 4.39. The molecule has 1 heterocycles. The molecule has 7 heteroatoms. The van der Waals surface area contributed by atoms with Crippen LogP contribution in [0.3, 0.4) is 0 Å². The molecule has 0 saturated heterocycles. The van der Waals surface area contributed by atoms with Crippen LogP contribution in [0.25, 0.3) is 20.8 Å². The van der Waals surface area contributed by atoms with Crippen LogP contribution in [0.2, 0.25) is 0 Å². The fraction of sp³-hybridized carbons (Fsp3) is 0.0690. The van der Waals surface area contributed by atoms with Gasteiger partial charge in [0.15, 0.2) is 5.78 Å². The summed E-state index contributed by atoms with van der Waals surface area (Å²) in [5.41, 5.74) is 17.7. The average molecular weight is 495 g/mol. The lowest BCUT2D eigenvalue weighted by atomic mass is 10.1. The van der Waals surface area contributed by atoms with Crippen LogP contribution in [-0.2, 0) is 0 Å². The van der Waals surface area contributed by atoms with E-state index in [1.54, 1.807) is 59.9 Å². The zero-order valence-electron chi connectivity index (χ0n) is 20.0. The summed E-state index contributed by atoms with van der Waals surface area (Å²) in [5.74, 6) is -0.0902. The third-order valence-electron chi connectivity index (χ3n) is 5.43. The van der Waals surface area contributed by atoms with Crippen molar-refractivity contribution in [1.29, 1.82) is 0 Å². The van der Waals surface area contributed by atoms with Gasteiger partial charge in [-0.2, -0.15) is 0 Å². The molecule has 0 aliphatic rings. The van der Waals surface area contributed by atoms with E-state index in [-0.39, 0.29) is 11.7 Å². The quantitative estimate of drug-likeness (QED) is 0.193. The van der Waals surface area contributed by atoms with E-state index in [9.17, 15) is 9.59 Å². The standard InChI is InChI=1S/C21H17N3OS.C8H9NO/c1-13-2-4-15(5-3-13)21-24-18-11-10-17(12-19(18)26-21)23-20(25)14-6-8-16(22)9-7-14;1-6(10)7-2-4-8(9)5-3-7/h2-12H,22H2,1H3,(H,23,25);2-5H,9H2,1H3. The van der Waals surface area contributed by atoms with Gasteiger partial charge >= 0.3 is 0 Å². The summed E-state index contributed by atoms with van der Waals surface area (Å²) in [5, 5.41) is 3.90. The number of nitrogens with two attached hydrogens (primary N) is 2. The van der Waals surface area contributed by atoms with Crippen molar-refractivity contribution in [1.82, 2.24) is 4.98 Å². The highest BCUT2D eigenvalue weighted by atomic mass is 32.1. The van der Waals surface area contributed by atoms with E-state index in [1.807, 2.05) is 18.2 Å². The van der Waals surface area contributed by atoms with Gasteiger partial charge in [-0.25, -0.2) is 4.98 Å². The van der Waals surface area contributed by atoms with Crippen LogP contribution >= 0.6 is 11.3 Å². The fourth-order valence-electron chi connectivity index (χ4n) is 3.38. The number of nitrogens with one attached hydrogen (secondary N) is 1. The molecule has 1 aromatic heterocycles. The van der Waals surface area contributed by atoms with Crippen molar-refractivity contribution >= 4 is 50.3 Å². The third kappa shape index (κ3) is 6.14. The zero-order chi connectivity index (χ0) is 25.7. The number of aromatic nitrogens is 1. The monoisotopic (exact) mass is 494 g/mol. The molecule has 5 N–H and O–H groups in total. The van der Waals surface area contributed by atoms with Gasteiger partial charge in [0.05, 0.1) is 10.2 Å². The summed E-state index contributed by atoms with van der Waals surface area (Å²) in [4.78, 5) is 27.8. The number of fused-ring (bicyclic) bond motifs is 1. The summed E-state index contributed by atoms with van der Waals surface area (Å²) >= 11 is 1.62. The van der Waals surface area contributed by atoms with Crippen LogP contribution in [-0.4, -0.2) is 16.7 Å². The largest absolute Gasteiger partial charge is 0.399 e. The molecule has 36 heavy (non-hydrogen) atoms. The molecule has 0 atom stereocenters. The zero-order valence-corrected chi connectivity index (χ0v) is 20.8. The number of ketones is 1. The Labute approximate surface area is 213 Å². The molecular weight excluding hydrogens is 468 g/mol. The van der Waals surface area contributed by atoms with E-state index in [1.165, 1.54) is 12.5 Å². The Morgan fingerprint density at radius 1 is 0.778 bits per heavy atom. The topological polar surface area (TPSA) is 111 Å². The summed E-state index contributed by atoms with van der Waals surface area (Å²) in [7, 11) is 0. The van der Waals surface area contributed by atoms with Crippen LogP contribution in [0.1, 0.15) is 33.2 Å². The number of rotatable bonds is 4. The number of aryl methyl sites for hydroxylation is 1. The maximum absolute atomic E-state index is 12.4. The lowest BCUT2D eigenvalue weighted by Gasteiger charge is -2.05. The van der Waals surface area contributed by atoms with Gasteiger partial charge < -0.3 is 16.8 Å². The summed E-state index contributed by atoms with van der Waals surface area (Å²) in [6, 6.07) is 27.8. The molecule has 4 aromatic carbocycles. The molecule has 5 aromatic rings. The maximum Gasteiger partial charge on any atom is 0.255 e. The van der Waals surface area contributed by atoms with Crippen LogP contribution in [0.4, 0.5) is 17.1 Å². The average Bonchev–Trinajstić information content (AvgIpc) is 3.29. The molecule has 0 bridgehead atoms. The van der Waals surface area contributed by atoms with Crippen molar-refractivity contribution in [2.75, 3.05) is 16.8 Å². The number of thiazole rings is 1. The molecule has 0 radical (unpaired) electrons. The molecule has 6 nitrogen and oxygen atoms in total. The normalized spacial score (nSPS) is 10.4. The Morgan fingerprint density at radius 3 is 1.94 bits per heavy atom. The second kappa shape index (κ2) is 10.8. The van der Waals surface area contributed by atoms with Crippen LogP contribution in [0, 0.1) is 6.92 Å². The van der Waals surface area contributed by atoms with Gasteiger partial charge in [-0.05, 0) is 80.6 Å². The van der Waals surface area contributed by atoms with Crippen LogP contribution in [0.15, 0.2) is 91.0 Å². The van der Waals surface area contributed by atoms with Crippen LogP contribution in [0.5, 0.6) is 0 Å². The Hall–Kier alpha value is -4.49. The molecular formula is C29H26N4O2S. The highest BCUT2D eigenvalue weighted by molar-refractivity contribution is 7.21. The van der Waals surface area contributed by atoms with Gasteiger partial charge in [-0.1, -0.05) is 29.8 Å². The van der Waals surface area contributed by atoms with Crippen molar-refractivity contribution in [3.63, 3.8) is 0 Å². The number of hydrogen-bond donors (Lipinski definition) is 3. The van der Waals surface area contributed by atoms with Crippen molar-refractivity contribution in [2.45, 2.75) is 13.8 Å². The minimum absolute atomic E-state index is 0.0694. The highest BCUT2D eigenvalue weighted by Gasteiger charge is 2.10. The van der Waals surface area contributed by atoms with Gasteiger partial charge in [0, 0.05) is 33.8 Å². The van der Waals surface area contributed by atoms with Crippen molar-refractivity contribution in [3.8, 4) is 10.6 Å². The number of Topliss-reactive ketones (excluding diaryl/α,β-unsaturated/α-hetero) is 1. The Morgan fingerprint density at radius 2 is 1.36 bits per heavy atom. The Bertz CT molecular complexity index is 1510. The number of carbonyl (C=O) groups excluding carboxylic acids is 2. The van der Waals surface area contributed by atoms with Gasteiger partial charge in [0.25, 0.3) is 5.91 Å². The second-order valence-corrected chi connectivity index (χ2v) is 9.35. The van der Waals surface area contributed by atoms with Gasteiger partial charge in [-0.15, -0.1) is 11.3 Å². The molecule has 0 fully saturated rings. The molecule has 0 aliphatic heterocycles.